The molecule has 1 unspecified atom stereocenters. The fourth-order valence-electron chi connectivity index (χ4n) is 2.56. The number of hydrogen-bond donors (Lipinski definition) is 1. The number of hydrogen-bond acceptors (Lipinski definition) is 1. The van der Waals surface area contributed by atoms with Gasteiger partial charge in [-0.1, -0.05) is 47.5 Å². The van der Waals surface area contributed by atoms with Crippen LogP contribution in [-0.2, 0) is 12.8 Å². The summed E-state index contributed by atoms with van der Waals surface area (Å²) in [4.78, 5) is 0. The highest BCUT2D eigenvalue weighted by atomic mass is 35.5. The van der Waals surface area contributed by atoms with E-state index < -0.39 is 0 Å². The van der Waals surface area contributed by atoms with Gasteiger partial charge in [-0.2, -0.15) is 0 Å². The lowest BCUT2D eigenvalue weighted by Gasteiger charge is -2.17. The summed E-state index contributed by atoms with van der Waals surface area (Å²) in [6, 6.07) is 13.7. The maximum atomic E-state index is 13.5. The van der Waals surface area contributed by atoms with Gasteiger partial charge in [0.05, 0.1) is 5.02 Å². The van der Waals surface area contributed by atoms with Crippen molar-refractivity contribution in [1.29, 1.82) is 0 Å². The maximum absolute atomic E-state index is 13.5. The van der Waals surface area contributed by atoms with Crippen molar-refractivity contribution in [2.45, 2.75) is 19.8 Å². The van der Waals surface area contributed by atoms with Crippen molar-refractivity contribution in [2.24, 2.45) is 5.92 Å². The minimum absolute atomic E-state index is 0.183. The molecule has 0 amide bonds. The molecule has 112 valence electrons. The van der Waals surface area contributed by atoms with Crippen LogP contribution >= 0.6 is 11.6 Å². The first-order chi connectivity index (χ1) is 10.1. The average molecular weight is 306 g/mol. The molecule has 0 fully saturated rings. The fraction of sp³-hybridized carbons (Fsp3) is 0.333. The molecule has 0 radical (unpaired) electrons. The molecule has 1 N–H and O–H groups in total. The Morgan fingerprint density at radius 3 is 2.29 bits per heavy atom. The maximum Gasteiger partial charge on any atom is 0.142 e. The van der Waals surface area contributed by atoms with E-state index in [4.69, 9.17) is 11.6 Å². The quantitative estimate of drug-likeness (QED) is 0.833. The van der Waals surface area contributed by atoms with Crippen molar-refractivity contribution in [3.63, 3.8) is 0 Å². The van der Waals surface area contributed by atoms with Gasteiger partial charge in [0, 0.05) is 0 Å². The number of halogens is 2. The zero-order valence-corrected chi connectivity index (χ0v) is 13.3. The van der Waals surface area contributed by atoms with Crippen LogP contribution in [-0.4, -0.2) is 13.6 Å². The Morgan fingerprint density at radius 2 is 1.67 bits per heavy atom. The first-order valence-electron chi connectivity index (χ1n) is 7.22. The van der Waals surface area contributed by atoms with E-state index in [1.165, 1.54) is 11.1 Å². The summed E-state index contributed by atoms with van der Waals surface area (Å²) in [6.07, 6.45) is 1.81. The molecule has 0 aliphatic carbocycles. The topological polar surface area (TPSA) is 12.0 Å². The van der Waals surface area contributed by atoms with Crippen molar-refractivity contribution in [2.75, 3.05) is 13.6 Å². The van der Waals surface area contributed by atoms with Gasteiger partial charge in [-0.05, 0) is 62.5 Å². The molecule has 1 atom stereocenters. The third-order valence-electron chi connectivity index (χ3n) is 3.65. The van der Waals surface area contributed by atoms with Crippen LogP contribution in [0.25, 0.3) is 0 Å². The highest BCUT2D eigenvalue weighted by molar-refractivity contribution is 6.30. The predicted octanol–water partition coefficient (Wildman–Crippen LogP) is 4.41. The van der Waals surface area contributed by atoms with E-state index in [-0.39, 0.29) is 10.8 Å². The molecule has 21 heavy (non-hydrogen) atoms. The fourth-order valence-corrected chi connectivity index (χ4v) is 2.68. The summed E-state index contributed by atoms with van der Waals surface area (Å²) >= 11 is 5.74. The summed E-state index contributed by atoms with van der Waals surface area (Å²) in [7, 11) is 1.95. The van der Waals surface area contributed by atoms with Gasteiger partial charge in [-0.3, -0.25) is 0 Å². The van der Waals surface area contributed by atoms with Crippen molar-refractivity contribution < 1.29 is 4.39 Å². The summed E-state index contributed by atoms with van der Waals surface area (Å²) in [6.45, 7) is 2.99. The molecule has 2 rings (SSSR count). The van der Waals surface area contributed by atoms with Crippen molar-refractivity contribution in [3.8, 4) is 0 Å². The first-order valence-corrected chi connectivity index (χ1v) is 7.60. The highest BCUT2D eigenvalue weighted by Gasteiger charge is 2.11. The van der Waals surface area contributed by atoms with E-state index in [0.717, 1.165) is 24.9 Å². The Kier molecular flexibility index (Phi) is 5.77. The molecule has 0 heterocycles. The lowest BCUT2D eigenvalue weighted by molar-refractivity contribution is 0.491. The summed E-state index contributed by atoms with van der Waals surface area (Å²) in [5.74, 6) is 0.0889. The van der Waals surface area contributed by atoms with Gasteiger partial charge in [-0.25, -0.2) is 4.39 Å². The number of aryl methyl sites for hydroxylation is 1. The smallest absolute Gasteiger partial charge is 0.142 e. The monoisotopic (exact) mass is 305 g/mol. The molecule has 2 aromatic carbocycles. The van der Waals surface area contributed by atoms with Crippen LogP contribution in [0.1, 0.15) is 16.7 Å². The summed E-state index contributed by atoms with van der Waals surface area (Å²) < 4.78 is 13.5. The van der Waals surface area contributed by atoms with Crippen LogP contribution in [0.5, 0.6) is 0 Å². The van der Waals surface area contributed by atoms with Crippen molar-refractivity contribution >= 4 is 11.6 Å². The van der Waals surface area contributed by atoms with Gasteiger partial charge in [0.2, 0.25) is 0 Å². The highest BCUT2D eigenvalue weighted by Crippen LogP contribution is 2.20. The van der Waals surface area contributed by atoms with E-state index in [2.05, 4.69) is 36.5 Å². The number of nitrogens with one attached hydrogen (secondary N) is 1. The van der Waals surface area contributed by atoms with E-state index in [1.54, 1.807) is 12.1 Å². The standard InChI is InChI=1S/C18H21ClFN/c1-13-3-5-14(6-4-13)9-16(12-21-2)10-15-7-8-17(19)18(20)11-15/h3-8,11,16,21H,9-10,12H2,1-2H3. The van der Waals surface area contributed by atoms with Crippen LogP contribution in [0, 0.1) is 18.7 Å². The number of benzene rings is 2. The molecule has 1 nitrogen and oxygen atoms in total. The molecule has 0 aliphatic rings. The van der Waals surface area contributed by atoms with Crippen LogP contribution < -0.4 is 5.32 Å². The molecular weight excluding hydrogens is 285 g/mol. The lowest BCUT2D eigenvalue weighted by atomic mass is 9.92. The minimum Gasteiger partial charge on any atom is -0.319 e. The molecule has 0 aliphatic heterocycles. The van der Waals surface area contributed by atoms with Crippen molar-refractivity contribution in [1.82, 2.24) is 5.32 Å². The molecule has 0 aromatic heterocycles. The molecule has 0 bridgehead atoms. The van der Waals surface area contributed by atoms with E-state index in [0.29, 0.717) is 5.92 Å². The van der Waals surface area contributed by atoms with E-state index in [1.807, 2.05) is 13.1 Å². The molecular formula is C18H21ClFN. The van der Waals surface area contributed by atoms with E-state index in [9.17, 15) is 4.39 Å². The second-order valence-electron chi connectivity index (χ2n) is 5.57. The van der Waals surface area contributed by atoms with E-state index >= 15 is 0 Å². The van der Waals surface area contributed by atoms with Gasteiger partial charge in [0.25, 0.3) is 0 Å². The number of rotatable bonds is 6. The zero-order chi connectivity index (χ0) is 15.2. The normalized spacial score (nSPS) is 12.4. The molecule has 0 saturated heterocycles. The average Bonchev–Trinajstić information content (AvgIpc) is 2.46. The van der Waals surface area contributed by atoms with Crippen LogP contribution in [0.15, 0.2) is 42.5 Å². The second kappa shape index (κ2) is 7.58. The van der Waals surface area contributed by atoms with Gasteiger partial charge in [0.15, 0.2) is 0 Å². The zero-order valence-electron chi connectivity index (χ0n) is 12.5. The Balaban J connectivity index is 2.07. The lowest BCUT2D eigenvalue weighted by Crippen LogP contribution is -2.22. The van der Waals surface area contributed by atoms with Crippen LogP contribution in [0.3, 0.4) is 0 Å². The predicted molar refractivity (Wildman–Crippen MR) is 87.4 cm³/mol. The van der Waals surface area contributed by atoms with Crippen molar-refractivity contribution in [3.05, 3.63) is 70.0 Å². The third-order valence-corrected chi connectivity index (χ3v) is 3.95. The van der Waals surface area contributed by atoms with Crippen LogP contribution in [0.4, 0.5) is 4.39 Å². The Hall–Kier alpha value is -1.38. The van der Waals surface area contributed by atoms with Crippen LogP contribution in [0.2, 0.25) is 5.02 Å². The minimum atomic E-state index is -0.340. The summed E-state index contributed by atoms with van der Waals surface area (Å²) in [5, 5.41) is 3.41. The molecule has 3 heteroatoms. The molecule has 0 spiro atoms. The Labute approximate surface area is 131 Å². The summed E-state index contributed by atoms with van der Waals surface area (Å²) in [5.41, 5.74) is 3.57. The third kappa shape index (κ3) is 4.83. The second-order valence-corrected chi connectivity index (χ2v) is 5.97. The largest absolute Gasteiger partial charge is 0.319 e. The van der Waals surface area contributed by atoms with Gasteiger partial charge in [0.1, 0.15) is 5.82 Å². The van der Waals surface area contributed by atoms with Gasteiger partial charge < -0.3 is 5.32 Å². The first kappa shape index (κ1) is 16.0. The van der Waals surface area contributed by atoms with Gasteiger partial charge in [-0.15, -0.1) is 0 Å². The van der Waals surface area contributed by atoms with Gasteiger partial charge >= 0.3 is 0 Å². The Morgan fingerprint density at radius 1 is 1.05 bits per heavy atom. The SMILES string of the molecule is CNCC(Cc1ccc(C)cc1)Cc1ccc(Cl)c(F)c1. The molecule has 0 saturated carbocycles. The Bertz CT molecular complexity index is 580. The molecule has 2 aromatic rings.